The van der Waals surface area contributed by atoms with E-state index < -0.39 is 0 Å². The highest BCUT2D eigenvalue weighted by molar-refractivity contribution is 7.80. The predicted molar refractivity (Wildman–Crippen MR) is 59.4 cm³/mol. The lowest BCUT2D eigenvalue weighted by atomic mass is 10.3. The summed E-state index contributed by atoms with van der Waals surface area (Å²) in [6, 6.07) is 5.84. The first-order valence-electron chi connectivity index (χ1n) is 4.46. The maximum Gasteiger partial charge on any atom is 0.129 e. The van der Waals surface area contributed by atoms with Gasteiger partial charge in [-0.15, -0.1) is 0 Å². The Balaban J connectivity index is 2.31. The second kappa shape index (κ2) is 4.28. The third-order valence-electron chi connectivity index (χ3n) is 1.91. The SMILES string of the molecule is SCCc1nccc(-c2ccc[nH]2)n1. The number of rotatable bonds is 3. The smallest absolute Gasteiger partial charge is 0.129 e. The Hall–Kier alpha value is -1.29. The van der Waals surface area contributed by atoms with Crippen LogP contribution in [0.3, 0.4) is 0 Å². The van der Waals surface area contributed by atoms with Crippen molar-refractivity contribution in [2.24, 2.45) is 0 Å². The number of H-pyrrole nitrogens is 1. The molecule has 0 aliphatic heterocycles. The van der Waals surface area contributed by atoms with Crippen LogP contribution in [0.5, 0.6) is 0 Å². The largest absolute Gasteiger partial charge is 0.360 e. The third-order valence-corrected chi connectivity index (χ3v) is 2.14. The van der Waals surface area contributed by atoms with Crippen molar-refractivity contribution < 1.29 is 0 Å². The molecule has 2 heterocycles. The van der Waals surface area contributed by atoms with Crippen LogP contribution in [-0.4, -0.2) is 20.7 Å². The van der Waals surface area contributed by atoms with Gasteiger partial charge in [0.25, 0.3) is 0 Å². The van der Waals surface area contributed by atoms with Gasteiger partial charge >= 0.3 is 0 Å². The van der Waals surface area contributed by atoms with Crippen LogP contribution >= 0.6 is 12.6 Å². The Labute approximate surface area is 88.0 Å². The summed E-state index contributed by atoms with van der Waals surface area (Å²) in [6.07, 6.45) is 4.47. The Kier molecular flexibility index (Phi) is 2.84. The predicted octanol–water partition coefficient (Wildman–Crippen LogP) is 1.94. The van der Waals surface area contributed by atoms with Gasteiger partial charge in [0.2, 0.25) is 0 Å². The summed E-state index contributed by atoms with van der Waals surface area (Å²) in [6.45, 7) is 0. The molecule has 0 spiro atoms. The van der Waals surface area contributed by atoms with Crippen LogP contribution in [-0.2, 0) is 6.42 Å². The lowest BCUT2D eigenvalue weighted by molar-refractivity contribution is 0.951. The number of aromatic nitrogens is 3. The molecule has 0 amide bonds. The zero-order chi connectivity index (χ0) is 9.80. The van der Waals surface area contributed by atoms with E-state index in [1.807, 2.05) is 24.4 Å². The summed E-state index contributed by atoms with van der Waals surface area (Å²) >= 11 is 4.15. The zero-order valence-electron chi connectivity index (χ0n) is 7.64. The van der Waals surface area contributed by atoms with E-state index in [9.17, 15) is 0 Å². The maximum atomic E-state index is 4.41. The number of nitrogens with one attached hydrogen (secondary N) is 1. The van der Waals surface area contributed by atoms with E-state index in [0.717, 1.165) is 29.4 Å². The average molecular weight is 205 g/mol. The van der Waals surface area contributed by atoms with Crippen LogP contribution < -0.4 is 0 Å². The molecule has 1 N–H and O–H groups in total. The summed E-state index contributed by atoms with van der Waals surface area (Å²) in [5.41, 5.74) is 1.95. The first-order chi connectivity index (χ1) is 6.90. The van der Waals surface area contributed by atoms with Gasteiger partial charge in [-0.2, -0.15) is 12.6 Å². The van der Waals surface area contributed by atoms with Crippen LogP contribution in [0.4, 0.5) is 0 Å². The standard InChI is InChI=1S/C10H11N3S/c14-7-4-10-12-6-3-9(13-10)8-2-1-5-11-8/h1-3,5-6,11,14H,4,7H2. The normalized spacial score (nSPS) is 10.4. The number of hydrogen-bond donors (Lipinski definition) is 2. The third kappa shape index (κ3) is 1.96. The second-order valence-corrected chi connectivity index (χ2v) is 3.36. The highest BCUT2D eigenvalue weighted by Crippen LogP contribution is 2.13. The van der Waals surface area contributed by atoms with Crippen LogP contribution in [0.25, 0.3) is 11.4 Å². The number of nitrogens with zero attached hydrogens (tertiary/aromatic N) is 2. The van der Waals surface area contributed by atoms with Crippen molar-refractivity contribution in [2.75, 3.05) is 5.75 Å². The van der Waals surface area contributed by atoms with Gasteiger partial charge in [-0.3, -0.25) is 0 Å². The van der Waals surface area contributed by atoms with E-state index in [1.165, 1.54) is 0 Å². The topological polar surface area (TPSA) is 41.6 Å². The fourth-order valence-corrected chi connectivity index (χ4v) is 1.46. The van der Waals surface area contributed by atoms with Crippen molar-refractivity contribution in [3.8, 4) is 11.4 Å². The number of hydrogen-bond acceptors (Lipinski definition) is 3. The fourth-order valence-electron chi connectivity index (χ4n) is 1.26. The lowest BCUT2D eigenvalue weighted by Crippen LogP contribution is -1.97. The van der Waals surface area contributed by atoms with E-state index >= 15 is 0 Å². The van der Waals surface area contributed by atoms with Crippen molar-refractivity contribution in [1.82, 2.24) is 15.0 Å². The van der Waals surface area contributed by atoms with Gasteiger partial charge in [-0.1, -0.05) is 0 Å². The molecule has 14 heavy (non-hydrogen) atoms. The molecule has 0 unspecified atom stereocenters. The van der Waals surface area contributed by atoms with Crippen molar-refractivity contribution in [3.05, 3.63) is 36.4 Å². The molecule has 2 aromatic rings. The van der Waals surface area contributed by atoms with Crippen LogP contribution in [0, 0.1) is 0 Å². The minimum Gasteiger partial charge on any atom is -0.360 e. The Bertz CT molecular complexity index is 398. The van der Waals surface area contributed by atoms with Gasteiger partial charge in [-0.25, -0.2) is 9.97 Å². The number of aromatic amines is 1. The second-order valence-electron chi connectivity index (χ2n) is 2.92. The van der Waals surface area contributed by atoms with E-state index in [2.05, 4.69) is 27.6 Å². The van der Waals surface area contributed by atoms with Gasteiger partial charge in [0.1, 0.15) is 5.82 Å². The Morgan fingerprint density at radius 1 is 1.36 bits per heavy atom. The van der Waals surface area contributed by atoms with Gasteiger partial charge in [0.15, 0.2) is 0 Å². The molecule has 0 aromatic carbocycles. The van der Waals surface area contributed by atoms with Gasteiger partial charge in [-0.05, 0) is 24.0 Å². The van der Waals surface area contributed by atoms with Crippen molar-refractivity contribution in [3.63, 3.8) is 0 Å². The molecule has 0 fully saturated rings. The molecule has 2 rings (SSSR count). The molecule has 0 aliphatic carbocycles. The first-order valence-corrected chi connectivity index (χ1v) is 5.10. The molecule has 4 heteroatoms. The van der Waals surface area contributed by atoms with Crippen LogP contribution in [0.1, 0.15) is 5.82 Å². The van der Waals surface area contributed by atoms with Gasteiger partial charge < -0.3 is 4.98 Å². The van der Waals surface area contributed by atoms with E-state index in [-0.39, 0.29) is 0 Å². The molecule has 0 bridgehead atoms. The van der Waals surface area contributed by atoms with Crippen molar-refractivity contribution >= 4 is 12.6 Å². The van der Waals surface area contributed by atoms with Crippen molar-refractivity contribution in [1.29, 1.82) is 0 Å². The molecule has 3 nitrogen and oxygen atoms in total. The molecule has 0 atom stereocenters. The highest BCUT2D eigenvalue weighted by Gasteiger charge is 2.01. The maximum absolute atomic E-state index is 4.41. The average Bonchev–Trinajstić information content (AvgIpc) is 2.71. The molecular weight excluding hydrogens is 194 g/mol. The molecule has 0 saturated heterocycles. The van der Waals surface area contributed by atoms with E-state index in [0.29, 0.717) is 0 Å². The molecule has 2 aromatic heterocycles. The molecule has 72 valence electrons. The highest BCUT2D eigenvalue weighted by atomic mass is 32.1. The quantitative estimate of drug-likeness (QED) is 0.752. The molecule has 0 radical (unpaired) electrons. The van der Waals surface area contributed by atoms with Crippen molar-refractivity contribution in [2.45, 2.75) is 6.42 Å². The molecule has 0 saturated carbocycles. The summed E-state index contributed by atoms with van der Waals surface area (Å²) in [4.78, 5) is 11.7. The number of thiol groups is 1. The van der Waals surface area contributed by atoms with E-state index in [4.69, 9.17) is 0 Å². The summed E-state index contributed by atoms with van der Waals surface area (Å²) < 4.78 is 0. The van der Waals surface area contributed by atoms with Crippen LogP contribution in [0.2, 0.25) is 0 Å². The van der Waals surface area contributed by atoms with Crippen LogP contribution in [0.15, 0.2) is 30.6 Å². The minimum absolute atomic E-state index is 0.772. The summed E-state index contributed by atoms with van der Waals surface area (Å²) in [5.74, 6) is 1.61. The molecular formula is C10H11N3S. The first kappa shape index (κ1) is 9.27. The molecule has 0 aliphatic rings. The zero-order valence-corrected chi connectivity index (χ0v) is 8.54. The Morgan fingerprint density at radius 3 is 3.00 bits per heavy atom. The number of aryl methyl sites for hydroxylation is 1. The van der Waals surface area contributed by atoms with Gasteiger partial charge in [0, 0.05) is 18.8 Å². The van der Waals surface area contributed by atoms with E-state index in [1.54, 1.807) is 6.20 Å². The fraction of sp³-hybridized carbons (Fsp3) is 0.200. The summed E-state index contributed by atoms with van der Waals surface area (Å²) in [5, 5.41) is 0. The van der Waals surface area contributed by atoms with Gasteiger partial charge in [0.05, 0.1) is 11.4 Å². The minimum atomic E-state index is 0.772. The summed E-state index contributed by atoms with van der Waals surface area (Å²) in [7, 11) is 0. The Morgan fingerprint density at radius 2 is 2.29 bits per heavy atom. The lowest BCUT2D eigenvalue weighted by Gasteiger charge is -2.00. The monoisotopic (exact) mass is 205 g/mol.